The first kappa shape index (κ1) is 15.8. The van der Waals surface area contributed by atoms with Crippen LogP contribution in [0.3, 0.4) is 0 Å². The van der Waals surface area contributed by atoms with Gasteiger partial charge in [0.1, 0.15) is 0 Å². The Kier molecular flexibility index (Phi) is 4.80. The Morgan fingerprint density at radius 2 is 1.74 bits per heavy atom. The maximum absolute atomic E-state index is 4.59. The van der Waals surface area contributed by atoms with Crippen molar-refractivity contribution in [3.63, 3.8) is 0 Å². The number of benzene rings is 1. The highest BCUT2D eigenvalue weighted by Crippen LogP contribution is 2.25. The van der Waals surface area contributed by atoms with E-state index < -0.39 is 0 Å². The average Bonchev–Trinajstić information content (AvgIpc) is 2.58. The van der Waals surface area contributed by atoms with Crippen molar-refractivity contribution in [2.24, 2.45) is 0 Å². The fraction of sp³-hybridized carbons (Fsp3) is 0.381. The van der Waals surface area contributed by atoms with Crippen LogP contribution in [0.15, 0.2) is 30.5 Å². The number of nitrogens with zero attached hydrogens (tertiary/aromatic N) is 2. The molecule has 2 heteroatoms. The molecular weight excluding hydrogens is 280 g/mol. The van der Waals surface area contributed by atoms with E-state index in [9.17, 15) is 0 Å². The van der Waals surface area contributed by atoms with Crippen molar-refractivity contribution >= 4 is 17.8 Å². The number of hydrogen-bond acceptors (Lipinski definition) is 2. The summed E-state index contributed by atoms with van der Waals surface area (Å²) in [6, 6.07) is 8.68. The molecular formula is C21H26N2. The lowest BCUT2D eigenvalue weighted by atomic mass is 10.0. The van der Waals surface area contributed by atoms with Crippen LogP contribution < -0.4 is 4.90 Å². The fourth-order valence-electron chi connectivity index (χ4n) is 3.22. The Morgan fingerprint density at radius 1 is 0.957 bits per heavy atom. The van der Waals surface area contributed by atoms with Gasteiger partial charge < -0.3 is 4.90 Å². The number of aryl methyl sites for hydroxylation is 2. The van der Waals surface area contributed by atoms with Gasteiger partial charge in [-0.25, -0.2) is 0 Å². The molecule has 23 heavy (non-hydrogen) atoms. The Morgan fingerprint density at radius 3 is 2.52 bits per heavy atom. The molecule has 1 fully saturated rings. The van der Waals surface area contributed by atoms with Crippen molar-refractivity contribution in [1.82, 2.24) is 4.98 Å². The zero-order valence-electron chi connectivity index (χ0n) is 14.5. The third kappa shape index (κ3) is 3.64. The first-order valence-corrected chi connectivity index (χ1v) is 8.61. The van der Waals surface area contributed by atoms with Crippen molar-refractivity contribution in [3.05, 3.63) is 58.4 Å². The largest absolute Gasteiger partial charge is 0.371 e. The summed E-state index contributed by atoms with van der Waals surface area (Å²) in [5.41, 5.74) is 7.60. The van der Waals surface area contributed by atoms with E-state index in [-0.39, 0.29) is 0 Å². The molecule has 0 atom stereocenters. The van der Waals surface area contributed by atoms with Crippen LogP contribution >= 0.6 is 0 Å². The summed E-state index contributed by atoms with van der Waals surface area (Å²) in [4.78, 5) is 7.10. The van der Waals surface area contributed by atoms with E-state index in [1.165, 1.54) is 60.3 Å². The highest BCUT2D eigenvalue weighted by molar-refractivity contribution is 5.72. The summed E-state index contributed by atoms with van der Waals surface area (Å²) in [6.45, 7) is 8.84. The summed E-state index contributed by atoms with van der Waals surface area (Å²) in [5, 5.41) is 0. The highest BCUT2D eigenvalue weighted by Gasteiger charge is 2.13. The van der Waals surface area contributed by atoms with Crippen LogP contribution in [0, 0.1) is 20.8 Å². The number of pyridine rings is 1. The quantitative estimate of drug-likeness (QED) is 0.778. The summed E-state index contributed by atoms with van der Waals surface area (Å²) in [7, 11) is 0. The Bertz CT molecular complexity index is 710. The van der Waals surface area contributed by atoms with Gasteiger partial charge in [-0.2, -0.15) is 0 Å². The Hall–Kier alpha value is -2.09. The minimum absolute atomic E-state index is 1.04. The van der Waals surface area contributed by atoms with Gasteiger partial charge in [-0.05, 0) is 74.4 Å². The maximum atomic E-state index is 4.59. The first-order valence-electron chi connectivity index (χ1n) is 8.61. The molecule has 0 radical (unpaired) electrons. The van der Waals surface area contributed by atoms with E-state index in [1.807, 2.05) is 6.20 Å². The lowest BCUT2D eigenvalue weighted by Gasteiger charge is -2.30. The molecule has 0 aliphatic carbocycles. The average molecular weight is 306 g/mol. The van der Waals surface area contributed by atoms with Crippen molar-refractivity contribution in [3.8, 4) is 0 Å². The molecule has 2 nitrogen and oxygen atoms in total. The SMILES string of the molecule is Cc1cnc(/C=C\c2cccc(C)c2C)cc1N1CCCCC1. The molecule has 0 saturated carbocycles. The minimum atomic E-state index is 1.04. The summed E-state index contributed by atoms with van der Waals surface area (Å²) in [5.74, 6) is 0. The molecule has 1 aliphatic heterocycles. The number of rotatable bonds is 3. The second-order valence-corrected chi connectivity index (χ2v) is 6.57. The molecule has 2 aromatic rings. The Balaban J connectivity index is 1.85. The van der Waals surface area contributed by atoms with Gasteiger partial charge in [0.05, 0.1) is 5.69 Å². The van der Waals surface area contributed by atoms with Crippen LogP contribution in [0.1, 0.15) is 47.2 Å². The van der Waals surface area contributed by atoms with Crippen molar-refractivity contribution in [2.45, 2.75) is 40.0 Å². The van der Waals surface area contributed by atoms with Gasteiger partial charge in [-0.15, -0.1) is 0 Å². The highest BCUT2D eigenvalue weighted by atomic mass is 15.1. The number of aromatic nitrogens is 1. The molecule has 0 spiro atoms. The molecule has 0 bridgehead atoms. The van der Waals surface area contributed by atoms with Gasteiger partial charge >= 0.3 is 0 Å². The second kappa shape index (κ2) is 6.99. The van der Waals surface area contributed by atoms with Crippen LogP contribution in [0.4, 0.5) is 5.69 Å². The maximum Gasteiger partial charge on any atom is 0.0650 e. The third-order valence-corrected chi connectivity index (χ3v) is 4.87. The molecule has 1 aromatic carbocycles. The standard InChI is InChI=1S/C21H26N2/c1-16-8-7-9-19(18(16)3)10-11-20-14-21(17(2)15-22-20)23-12-5-4-6-13-23/h7-11,14-15H,4-6,12-13H2,1-3H3/b11-10-. The van der Waals surface area contributed by atoms with Crippen molar-refractivity contribution < 1.29 is 0 Å². The van der Waals surface area contributed by atoms with Crippen LogP contribution in [-0.2, 0) is 0 Å². The molecule has 1 aromatic heterocycles. The lowest BCUT2D eigenvalue weighted by Crippen LogP contribution is -2.30. The molecule has 2 heterocycles. The van der Waals surface area contributed by atoms with E-state index in [0.717, 1.165) is 5.69 Å². The predicted octanol–water partition coefficient (Wildman–Crippen LogP) is 5.17. The van der Waals surface area contributed by atoms with E-state index in [0.29, 0.717) is 0 Å². The van der Waals surface area contributed by atoms with Gasteiger partial charge in [0, 0.05) is 25.0 Å². The summed E-state index contributed by atoms with van der Waals surface area (Å²) < 4.78 is 0. The minimum Gasteiger partial charge on any atom is -0.371 e. The monoisotopic (exact) mass is 306 g/mol. The number of hydrogen-bond donors (Lipinski definition) is 0. The lowest BCUT2D eigenvalue weighted by molar-refractivity contribution is 0.577. The molecule has 0 unspecified atom stereocenters. The van der Waals surface area contributed by atoms with Gasteiger partial charge in [-0.3, -0.25) is 4.98 Å². The van der Waals surface area contributed by atoms with Crippen LogP contribution in [0.5, 0.6) is 0 Å². The smallest absolute Gasteiger partial charge is 0.0650 e. The van der Waals surface area contributed by atoms with Crippen LogP contribution in [0.25, 0.3) is 12.2 Å². The second-order valence-electron chi connectivity index (χ2n) is 6.57. The first-order chi connectivity index (χ1) is 11.1. The molecule has 0 amide bonds. The number of piperidine rings is 1. The third-order valence-electron chi connectivity index (χ3n) is 4.87. The molecule has 1 saturated heterocycles. The zero-order chi connectivity index (χ0) is 16.2. The van der Waals surface area contributed by atoms with E-state index in [4.69, 9.17) is 0 Å². The summed E-state index contributed by atoms with van der Waals surface area (Å²) >= 11 is 0. The Labute approximate surface area is 139 Å². The van der Waals surface area contributed by atoms with E-state index in [1.54, 1.807) is 0 Å². The van der Waals surface area contributed by atoms with Crippen LogP contribution in [-0.4, -0.2) is 18.1 Å². The van der Waals surface area contributed by atoms with Crippen molar-refractivity contribution in [2.75, 3.05) is 18.0 Å². The fourth-order valence-corrected chi connectivity index (χ4v) is 3.22. The zero-order valence-corrected chi connectivity index (χ0v) is 14.5. The summed E-state index contributed by atoms with van der Waals surface area (Å²) in [6.07, 6.45) is 10.3. The van der Waals surface area contributed by atoms with Gasteiger partial charge in [0.25, 0.3) is 0 Å². The van der Waals surface area contributed by atoms with Gasteiger partial charge in [0.15, 0.2) is 0 Å². The topological polar surface area (TPSA) is 16.1 Å². The van der Waals surface area contributed by atoms with E-state index in [2.05, 4.69) is 67.1 Å². The normalized spacial score (nSPS) is 15.3. The molecule has 3 rings (SSSR count). The molecule has 0 N–H and O–H groups in total. The predicted molar refractivity (Wildman–Crippen MR) is 99.9 cm³/mol. The molecule has 1 aliphatic rings. The molecule has 120 valence electrons. The van der Waals surface area contributed by atoms with Gasteiger partial charge in [0.2, 0.25) is 0 Å². The van der Waals surface area contributed by atoms with Gasteiger partial charge in [-0.1, -0.05) is 24.3 Å². The van der Waals surface area contributed by atoms with Crippen LogP contribution in [0.2, 0.25) is 0 Å². The number of anilines is 1. The van der Waals surface area contributed by atoms with Crippen molar-refractivity contribution in [1.29, 1.82) is 0 Å². The van der Waals surface area contributed by atoms with E-state index >= 15 is 0 Å².